The van der Waals surface area contributed by atoms with Gasteiger partial charge in [-0.25, -0.2) is 4.79 Å². The van der Waals surface area contributed by atoms with Gasteiger partial charge in [0, 0.05) is 5.56 Å². The molecule has 2 aromatic rings. The second-order valence-electron chi connectivity index (χ2n) is 6.44. The Bertz CT molecular complexity index is 987. The lowest BCUT2D eigenvalue weighted by molar-refractivity contribution is -0.122. The fraction of sp³-hybridized carbons (Fsp3) is 0.211. The maximum absolute atomic E-state index is 13.1. The molecule has 1 atom stereocenters. The van der Waals surface area contributed by atoms with E-state index in [2.05, 4.69) is 5.32 Å². The van der Waals surface area contributed by atoms with Crippen molar-refractivity contribution in [3.63, 3.8) is 0 Å². The van der Waals surface area contributed by atoms with Crippen LogP contribution >= 0.6 is 11.8 Å². The van der Waals surface area contributed by atoms with Crippen LogP contribution in [0.4, 0.5) is 11.4 Å². The maximum atomic E-state index is 13.1. The Labute approximate surface area is 154 Å². The summed E-state index contributed by atoms with van der Waals surface area (Å²) >= 11 is 1.22. The Morgan fingerprint density at radius 3 is 2.69 bits per heavy atom. The molecule has 0 bridgehead atoms. The minimum Gasteiger partial charge on any atom is -0.478 e. The molecule has 0 radical (unpaired) electrons. The molecule has 26 heavy (non-hydrogen) atoms. The number of thioether (sulfide) groups is 1. The lowest BCUT2D eigenvalue weighted by Crippen LogP contribution is -2.47. The van der Waals surface area contributed by atoms with E-state index in [1.165, 1.54) is 22.7 Å². The van der Waals surface area contributed by atoms with Gasteiger partial charge < -0.3 is 10.4 Å². The van der Waals surface area contributed by atoms with Crippen LogP contribution in [0.15, 0.2) is 36.4 Å². The molecule has 1 spiro atoms. The number of para-hydroxylation sites is 1. The Morgan fingerprint density at radius 2 is 1.96 bits per heavy atom. The second-order valence-corrected chi connectivity index (χ2v) is 7.61. The zero-order valence-corrected chi connectivity index (χ0v) is 15.0. The van der Waals surface area contributed by atoms with Crippen LogP contribution in [0.3, 0.4) is 0 Å². The van der Waals surface area contributed by atoms with E-state index in [0.29, 0.717) is 11.3 Å². The highest BCUT2D eigenvalue weighted by Crippen LogP contribution is 2.55. The maximum Gasteiger partial charge on any atom is 0.337 e. The fourth-order valence-corrected chi connectivity index (χ4v) is 5.00. The van der Waals surface area contributed by atoms with E-state index >= 15 is 0 Å². The highest BCUT2D eigenvalue weighted by Gasteiger charge is 2.59. The third-order valence-corrected chi connectivity index (χ3v) is 6.13. The molecular formula is C19H16N2O4S. The summed E-state index contributed by atoms with van der Waals surface area (Å²) in [5.74, 6) is -1.64. The molecule has 1 unspecified atom stereocenters. The fourth-order valence-electron chi connectivity index (χ4n) is 3.71. The van der Waals surface area contributed by atoms with Crippen molar-refractivity contribution in [3.05, 3.63) is 58.7 Å². The molecule has 2 N–H and O–H groups in total. The van der Waals surface area contributed by atoms with E-state index in [0.717, 1.165) is 11.1 Å². The van der Waals surface area contributed by atoms with Gasteiger partial charge >= 0.3 is 5.97 Å². The molecule has 7 heteroatoms. The van der Waals surface area contributed by atoms with Crippen LogP contribution in [-0.2, 0) is 14.5 Å². The number of aryl methyl sites for hydroxylation is 2. The largest absolute Gasteiger partial charge is 0.478 e. The van der Waals surface area contributed by atoms with Gasteiger partial charge in [-0.1, -0.05) is 29.8 Å². The standard InChI is InChI=1S/C19H16N2O4S/c1-10-7-11(2)16-13(8-10)19(18(25)20-16)21(15(22)9-26-19)14-6-4-3-5-12(14)17(23)24/h3-8H,9H2,1-2H3,(H,20,25)(H,23,24). The van der Waals surface area contributed by atoms with E-state index in [1.807, 2.05) is 26.0 Å². The van der Waals surface area contributed by atoms with Gasteiger partial charge in [0.05, 0.1) is 22.7 Å². The Balaban J connectivity index is 2.00. The van der Waals surface area contributed by atoms with E-state index in [-0.39, 0.29) is 28.8 Å². The van der Waals surface area contributed by atoms with Crippen molar-refractivity contribution in [2.24, 2.45) is 0 Å². The first kappa shape index (κ1) is 16.7. The van der Waals surface area contributed by atoms with Crippen LogP contribution in [0.25, 0.3) is 0 Å². The number of anilines is 2. The number of fused-ring (bicyclic) bond motifs is 2. The van der Waals surface area contributed by atoms with Crippen molar-refractivity contribution in [1.82, 2.24) is 0 Å². The SMILES string of the molecule is Cc1cc(C)c2c(c1)C1(SCC(=O)N1c1ccccc1C(=O)O)C(=O)N2. The van der Waals surface area contributed by atoms with E-state index in [4.69, 9.17) is 0 Å². The van der Waals surface area contributed by atoms with Crippen molar-refractivity contribution < 1.29 is 19.5 Å². The molecule has 2 heterocycles. The first-order valence-corrected chi connectivity index (χ1v) is 9.07. The van der Waals surface area contributed by atoms with Crippen LogP contribution in [-0.4, -0.2) is 28.6 Å². The summed E-state index contributed by atoms with van der Waals surface area (Å²) in [5, 5.41) is 12.4. The number of nitrogens with zero attached hydrogens (tertiary/aromatic N) is 1. The van der Waals surface area contributed by atoms with Crippen LogP contribution in [0.1, 0.15) is 27.0 Å². The first-order valence-electron chi connectivity index (χ1n) is 8.09. The number of aromatic carboxylic acids is 1. The molecule has 4 rings (SSSR count). The van der Waals surface area contributed by atoms with Gasteiger partial charge in [-0.15, -0.1) is 11.8 Å². The second kappa shape index (κ2) is 5.60. The topological polar surface area (TPSA) is 86.7 Å². The third kappa shape index (κ3) is 2.10. The molecule has 0 saturated carbocycles. The van der Waals surface area contributed by atoms with Gasteiger partial charge in [-0.05, 0) is 31.5 Å². The van der Waals surface area contributed by atoms with E-state index in [1.54, 1.807) is 18.2 Å². The van der Waals surface area contributed by atoms with Gasteiger partial charge in [0.15, 0.2) is 0 Å². The lowest BCUT2D eigenvalue weighted by atomic mass is 9.98. The Hall–Kier alpha value is -2.80. The van der Waals surface area contributed by atoms with Gasteiger partial charge in [-0.3, -0.25) is 14.5 Å². The molecule has 2 aliphatic heterocycles. The van der Waals surface area contributed by atoms with Crippen molar-refractivity contribution in [1.29, 1.82) is 0 Å². The van der Waals surface area contributed by atoms with Gasteiger partial charge in [0.2, 0.25) is 10.8 Å². The highest BCUT2D eigenvalue weighted by molar-refractivity contribution is 8.02. The zero-order valence-electron chi connectivity index (χ0n) is 14.2. The van der Waals surface area contributed by atoms with Gasteiger partial charge in [-0.2, -0.15) is 0 Å². The van der Waals surface area contributed by atoms with Gasteiger partial charge in [0.25, 0.3) is 5.91 Å². The van der Waals surface area contributed by atoms with Crippen LogP contribution in [0, 0.1) is 13.8 Å². The molecule has 2 aliphatic rings. The average Bonchev–Trinajstić information content (AvgIpc) is 3.08. The molecule has 1 saturated heterocycles. The number of carbonyl (C=O) groups excluding carboxylic acids is 2. The summed E-state index contributed by atoms with van der Waals surface area (Å²) in [6.07, 6.45) is 0. The number of amides is 2. The molecule has 0 aliphatic carbocycles. The zero-order chi connectivity index (χ0) is 18.6. The van der Waals surface area contributed by atoms with Crippen LogP contribution in [0.5, 0.6) is 0 Å². The predicted octanol–water partition coefficient (Wildman–Crippen LogP) is 2.89. The highest BCUT2D eigenvalue weighted by atomic mass is 32.2. The quantitative estimate of drug-likeness (QED) is 0.851. The summed E-state index contributed by atoms with van der Waals surface area (Å²) in [6, 6.07) is 10.1. The van der Waals surface area contributed by atoms with E-state index in [9.17, 15) is 19.5 Å². The summed E-state index contributed by atoms with van der Waals surface area (Å²) in [4.78, 5) is 37.6. The minimum absolute atomic E-state index is 0.00616. The summed E-state index contributed by atoms with van der Waals surface area (Å²) < 4.78 is 0. The molecule has 132 valence electrons. The summed E-state index contributed by atoms with van der Waals surface area (Å²) in [6.45, 7) is 3.84. The van der Waals surface area contributed by atoms with Crippen molar-refractivity contribution >= 4 is 40.9 Å². The Morgan fingerprint density at radius 1 is 1.23 bits per heavy atom. The smallest absolute Gasteiger partial charge is 0.337 e. The predicted molar refractivity (Wildman–Crippen MR) is 99.6 cm³/mol. The van der Waals surface area contributed by atoms with Crippen LogP contribution in [0.2, 0.25) is 0 Å². The molecule has 2 amide bonds. The number of carbonyl (C=O) groups is 3. The first-order chi connectivity index (χ1) is 12.4. The van der Waals surface area contributed by atoms with Crippen molar-refractivity contribution in [2.75, 3.05) is 16.0 Å². The van der Waals surface area contributed by atoms with Crippen molar-refractivity contribution in [2.45, 2.75) is 18.7 Å². The lowest BCUT2D eigenvalue weighted by Gasteiger charge is -2.33. The van der Waals surface area contributed by atoms with Gasteiger partial charge in [0.1, 0.15) is 0 Å². The summed E-state index contributed by atoms with van der Waals surface area (Å²) in [7, 11) is 0. The molecular weight excluding hydrogens is 352 g/mol. The molecule has 2 aromatic carbocycles. The number of hydrogen-bond donors (Lipinski definition) is 2. The molecule has 1 fully saturated rings. The molecule has 0 aromatic heterocycles. The normalized spacial score (nSPS) is 21.2. The summed E-state index contributed by atoms with van der Waals surface area (Å²) in [5.41, 5.74) is 3.52. The van der Waals surface area contributed by atoms with Crippen LogP contribution < -0.4 is 10.2 Å². The number of carboxylic acids is 1. The van der Waals surface area contributed by atoms with Crippen molar-refractivity contribution in [3.8, 4) is 0 Å². The molecule has 6 nitrogen and oxygen atoms in total. The average molecular weight is 368 g/mol. The third-order valence-electron chi connectivity index (χ3n) is 4.74. The minimum atomic E-state index is -1.28. The number of hydrogen-bond acceptors (Lipinski definition) is 4. The van der Waals surface area contributed by atoms with E-state index < -0.39 is 10.8 Å². The number of nitrogens with one attached hydrogen (secondary N) is 1. The monoisotopic (exact) mass is 368 g/mol. The Kier molecular flexibility index (Phi) is 3.59. The number of carboxylic acid groups (broad SMARTS) is 1. The number of benzene rings is 2. The number of rotatable bonds is 2.